The number of methoxy groups -OCH3 is 1. The van der Waals surface area contributed by atoms with Gasteiger partial charge in [-0.05, 0) is 24.3 Å². The van der Waals surface area contributed by atoms with Gasteiger partial charge >= 0.3 is 0 Å². The van der Waals surface area contributed by atoms with Crippen LogP contribution >= 0.6 is 0 Å². The van der Waals surface area contributed by atoms with Gasteiger partial charge in [0.2, 0.25) is 6.79 Å². The van der Waals surface area contributed by atoms with E-state index < -0.39 is 0 Å². The van der Waals surface area contributed by atoms with Crippen LogP contribution in [0, 0.1) is 0 Å². The summed E-state index contributed by atoms with van der Waals surface area (Å²) in [4.78, 5) is 0. The standard InChI is InChI=1S/C15H15NO4/c1-18-12-4-2-10(13(17)7-12)8-16-11-3-5-14-15(6-11)20-9-19-14/h2-7,16-17H,8-9H2,1H3. The van der Waals surface area contributed by atoms with Crippen LogP contribution in [0.4, 0.5) is 5.69 Å². The molecule has 0 saturated carbocycles. The summed E-state index contributed by atoms with van der Waals surface area (Å²) in [5.41, 5.74) is 1.70. The van der Waals surface area contributed by atoms with Crippen molar-refractivity contribution in [3.63, 3.8) is 0 Å². The van der Waals surface area contributed by atoms with Gasteiger partial charge in [-0.2, -0.15) is 0 Å². The number of phenols is 1. The maximum absolute atomic E-state index is 9.89. The Morgan fingerprint density at radius 2 is 2.00 bits per heavy atom. The minimum atomic E-state index is 0.206. The molecule has 0 bridgehead atoms. The average molecular weight is 273 g/mol. The number of fused-ring (bicyclic) bond motifs is 1. The fourth-order valence-corrected chi connectivity index (χ4v) is 2.02. The lowest BCUT2D eigenvalue weighted by Gasteiger charge is -2.10. The Labute approximate surface area is 116 Å². The third-order valence-electron chi connectivity index (χ3n) is 3.15. The molecule has 1 aliphatic heterocycles. The molecule has 0 aliphatic carbocycles. The zero-order chi connectivity index (χ0) is 13.9. The molecule has 0 radical (unpaired) electrons. The molecule has 0 amide bonds. The summed E-state index contributed by atoms with van der Waals surface area (Å²) in [6, 6.07) is 10.9. The molecule has 1 heterocycles. The van der Waals surface area contributed by atoms with E-state index in [9.17, 15) is 5.11 Å². The summed E-state index contributed by atoms with van der Waals surface area (Å²) in [6.45, 7) is 0.771. The van der Waals surface area contributed by atoms with Crippen molar-refractivity contribution in [3.8, 4) is 23.0 Å². The van der Waals surface area contributed by atoms with Crippen molar-refractivity contribution in [2.75, 3.05) is 19.2 Å². The van der Waals surface area contributed by atoms with E-state index in [0.717, 1.165) is 22.7 Å². The van der Waals surface area contributed by atoms with E-state index in [1.54, 1.807) is 13.2 Å². The number of phenolic OH excluding ortho intramolecular Hbond substituents is 1. The largest absolute Gasteiger partial charge is 0.507 e. The summed E-state index contributed by atoms with van der Waals surface area (Å²) >= 11 is 0. The number of rotatable bonds is 4. The first kappa shape index (κ1) is 12.5. The Bertz CT molecular complexity index is 627. The molecule has 0 fully saturated rings. The molecule has 1 aliphatic rings. The van der Waals surface area contributed by atoms with Crippen molar-refractivity contribution in [2.45, 2.75) is 6.54 Å². The molecule has 2 aromatic carbocycles. The van der Waals surface area contributed by atoms with Crippen LogP contribution in [0.15, 0.2) is 36.4 Å². The molecule has 3 rings (SSSR count). The number of ether oxygens (including phenoxy) is 3. The van der Waals surface area contributed by atoms with Crippen molar-refractivity contribution >= 4 is 5.69 Å². The highest BCUT2D eigenvalue weighted by atomic mass is 16.7. The van der Waals surface area contributed by atoms with Gasteiger partial charge in [0, 0.05) is 29.9 Å². The lowest BCUT2D eigenvalue weighted by Crippen LogP contribution is -1.99. The molecule has 2 aromatic rings. The molecule has 0 aromatic heterocycles. The Kier molecular flexibility index (Phi) is 3.25. The van der Waals surface area contributed by atoms with Crippen molar-refractivity contribution in [1.82, 2.24) is 0 Å². The van der Waals surface area contributed by atoms with Gasteiger partial charge in [0.15, 0.2) is 11.5 Å². The minimum Gasteiger partial charge on any atom is -0.507 e. The third-order valence-corrected chi connectivity index (χ3v) is 3.15. The van der Waals surface area contributed by atoms with E-state index in [1.165, 1.54) is 0 Å². The summed E-state index contributed by atoms with van der Waals surface area (Å²) in [7, 11) is 1.57. The molecular formula is C15H15NO4. The van der Waals surface area contributed by atoms with Gasteiger partial charge in [-0.15, -0.1) is 0 Å². The fourth-order valence-electron chi connectivity index (χ4n) is 2.02. The molecule has 5 heteroatoms. The topological polar surface area (TPSA) is 60.0 Å². The molecule has 0 unspecified atom stereocenters. The summed E-state index contributed by atoms with van der Waals surface area (Å²) in [6.07, 6.45) is 0. The molecule has 5 nitrogen and oxygen atoms in total. The molecule has 20 heavy (non-hydrogen) atoms. The first-order chi connectivity index (χ1) is 9.76. The second-order valence-electron chi connectivity index (χ2n) is 4.42. The van der Waals surface area contributed by atoms with Crippen molar-refractivity contribution in [3.05, 3.63) is 42.0 Å². The van der Waals surface area contributed by atoms with Gasteiger partial charge in [0.1, 0.15) is 11.5 Å². The molecule has 2 N–H and O–H groups in total. The van der Waals surface area contributed by atoms with Crippen LogP contribution in [-0.4, -0.2) is 19.0 Å². The Morgan fingerprint density at radius 3 is 2.80 bits per heavy atom. The second-order valence-corrected chi connectivity index (χ2v) is 4.42. The zero-order valence-electron chi connectivity index (χ0n) is 11.1. The van der Waals surface area contributed by atoms with Crippen LogP contribution in [0.3, 0.4) is 0 Å². The maximum Gasteiger partial charge on any atom is 0.231 e. The third kappa shape index (κ3) is 2.42. The van der Waals surface area contributed by atoms with Crippen LogP contribution in [0.1, 0.15) is 5.56 Å². The van der Waals surface area contributed by atoms with E-state index in [2.05, 4.69) is 5.32 Å². The smallest absolute Gasteiger partial charge is 0.231 e. The Hall–Kier alpha value is -2.56. The molecule has 104 valence electrons. The van der Waals surface area contributed by atoms with Gasteiger partial charge in [-0.3, -0.25) is 0 Å². The normalized spacial score (nSPS) is 12.2. The van der Waals surface area contributed by atoms with Crippen LogP contribution in [0.25, 0.3) is 0 Å². The molecule has 0 atom stereocenters. The number of hydrogen-bond donors (Lipinski definition) is 2. The maximum atomic E-state index is 9.89. The highest BCUT2D eigenvalue weighted by Gasteiger charge is 2.13. The van der Waals surface area contributed by atoms with Crippen LogP contribution in [-0.2, 0) is 6.54 Å². The number of aromatic hydroxyl groups is 1. The highest BCUT2D eigenvalue weighted by molar-refractivity contribution is 5.56. The second kappa shape index (κ2) is 5.21. The number of hydrogen-bond acceptors (Lipinski definition) is 5. The first-order valence-electron chi connectivity index (χ1n) is 6.25. The van der Waals surface area contributed by atoms with E-state index in [0.29, 0.717) is 12.3 Å². The minimum absolute atomic E-state index is 0.206. The van der Waals surface area contributed by atoms with Crippen LogP contribution in [0.2, 0.25) is 0 Å². The predicted octanol–water partition coefficient (Wildman–Crippen LogP) is 2.74. The Balaban J connectivity index is 1.70. The summed E-state index contributed by atoms with van der Waals surface area (Å²) in [5.74, 6) is 2.32. The molecular weight excluding hydrogens is 258 g/mol. The Morgan fingerprint density at radius 1 is 1.15 bits per heavy atom. The van der Waals surface area contributed by atoms with Gasteiger partial charge in [-0.1, -0.05) is 0 Å². The number of anilines is 1. The van der Waals surface area contributed by atoms with Gasteiger partial charge in [0.25, 0.3) is 0 Å². The molecule has 0 spiro atoms. The first-order valence-corrected chi connectivity index (χ1v) is 6.25. The molecule has 0 saturated heterocycles. The monoisotopic (exact) mass is 273 g/mol. The van der Waals surface area contributed by atoms with E-state index in [4.69, 9.17) is 14.2 Å². The summed E-state index contributed by atoms with van der Waals surface area (Å²) < 4.78 is 15.6. The van der Waals surface area contributed by atoms with Crippen LogP contribution < -0.4 is 19.5 Å². The highest BCUT2D eigenvalue weighted by Crippen LogP contribution is 2.34. The average Bonchev–Trinajstić information content (AvgIpc) is 2.93. The van der Waals surface area contributed by atoms with Gasteiger partial charge < -0.3 is 24.6 Å². The van der Waals surface area contributed by atoms with E-state index >= 15 is 0 Å². The lowest BCUT2D eigenvalue weighted by molar-refractivity contribution is 0.174. The summed E-state index contributed by atoms with van der Waals surface area (Å²) in [5, 5.41) is 13.1. The quantitative estimate of drug-likeness (QED) is 0.897. The fraction of sp³-hybridized carbons (Fsp3) is 0.200. The van der Waals surface area contributed by atoms with Gasteiger partial charge in [-0.25, -0.2) is 0 Å². The van der Waals surface area contributed by atoms with Crippen molar-refractivity contribution < 1.29 is 19.3 Å². The van der Waals surface area contributed by atoms with E-state index in [-0.39, 0.29) is 12.5 Å². The van der Waals surface area contributed by atoms with Gasteiger partial charge in [0.05, 0.1) is 7.11 Å². The zero-order valence-corrected chi connectivity index (χ0v) is 11.1. The predicted molar refractivity (Wildman–Crippen MR) is 74.6 cm³/mol. The SMILES string of the molecule is COc1ccc(CNc2ccc3c(c2)OCO3)c(O)c1. The lowest BCUT2D eigenvalue weighted by atomic mass is 10.2. The van der Waals surface area contributed by atoms with Crippen molar-refractivity contribution in [2.24, 2.45) is 0 Å². The van der Waals surface area contributed by atoms with E-state index in [1.807, 2.05) is 30.3 Å². The number of nitrogens with one attached hydrogen (secondary N) is 1. The number of benzene rings is 2. The van der Waals surface area contributed by atoms with Crippen LogP contribution in [0.5, 0.6) is 23.0 Å². The van der Waals surface area contributed by atoms with Crippen molar-refractivity contribution in [1.29, 1.82) is 0 Å².